The van der Waals surface area contributed by atoms with E-state index in [2.05, 4.69) is 15.5 Å². The lowest BCUT2D eigenvalue weighted by atomic mass is 9.93. The number of carbonyl (C=O) groups is 1. The van der Waals surface area contributed by atoms with Gasteiger partial charge >= 0.3 is 12.3 Å². The van der Waals surface area contributed by atoms with Crippen LogP contribution in [0.25, 0.3) is 11.3 Å². The van der Waals surface area contributed by atoms with Crippen molar-refractivity contribution in [2.45, 2.75) is 37.9 Å². The summed E-state index contributed by atoms with van der Waals surface area (Å²) >= 11 is 5.89. The highest BCUT2D eigenvalue weighted by Gasteiger charge is 2.29. The van der Waals surface area contributed by atoms with E-state index in [1.165, 1.54) is 19.2 Å². The molecule has 1 aliphatic rings. The largest absolute Gasteiger partial charge is 0.482 e. The summed E-state index contributed by atoms with van der Waals surface area (Å²) in [7, 11) is 1.43. The SMILES string of the molecule is CO/N=C1\CCCC[C@@H]1NC(=O)Oc1ccc(OCC(F)(F)F)c(-c2ccc(Cl)cc2)n1. The molecule has 1 aliphatic carbocycles. The van der Waals surface area contributed by atoms with Crippen molar-refractivity contribution < 1.29 is 32.3 Å². The van der Waals surface area contributed by atoms with Crippen molar-refractivity contribution in [3.8, 4) is 22.9 Å². The Hall–Kier alpha value is -3.01. The van der Waals surface area contributed by atoms with Crippen LogP contribution in [0.3, 0.4) is 0 Å². The first-order valence-electron chi connectivity index (χ1n) is 9.80. The van der Waals surface area contributed by atoms with Crippen molar-refractivity contribution in [3.63, 3.8) is 0 Å². The van der Waals surface area contributed by atoms with Crippen molar-refractivity contribution in [3.05, 3.63) is 41.4 Å². The number of alkyl halides is 3. The number of ether oxygens (including phenoxy) is 2. The van der Waals surface area contributed by atoms with Gasteiger partial charge < -0.3 is 19.6 Å². The lowest BCUT2D eigenvalue weighted by Gasteiger charge is -2.23. The minimum absolute atomic E-state index is 0.0792. The molecule has 1 aromatic carbocycles. The molecule has 1 heterocycles. The number of aromatic nitrogens is 1. The van der Waals surface area contributed by atoms with E-state index in [1.54, 1.807) is 24.3 Å². The van der Waals surface area contributed by atoms with Crippen LogP contribution in [0.4, 0.5) is 18.0 Å². The van der Waals surface area contributed by atoms with E-state index in [9.17, 15) is 18.0 Å². The summed E-state index contributed by atoms with van der Waals surface area (Å²) in [6.07, 6.45) is -2.04. The number of amides is 1. The van der Waals surface area contributed by atoms with Crippen molar-refractivity contribution in [2.75, 3.05) is 13.7 Å². The summed E-state index contributed by atoms with van der Waals surface area (Å²) in [6.45, 7) is -1.49. The van der Waals surface area contributed by atoms with Gasteiger partial charge in [0.1, 0.15) is 18.6 Å². The first-order valence-corrected chi connectivity index (χ1v) is 10.2. The van der Waals surface area contributed by atoms with Crippen LogP contribution in [0.1, 0.15) is 25.7 Å². The minimum Gasteiger partial charge on any atom is -0.482 e. The molecule has 1 atom stereocenters. The van der Waals surface area contributed by atoms with Gasteiger partial charge in [-0.1, -0.05) is 35.3 Å². The molecule has 1 amide bonds. The third-order valence-electron chi connectivity index (χ3n) is 4.62. The number of oxime groups is 1. The van der Waals surface area contributed by atoms with E-state index in [0.29, 0.717) is 29.1 Å². The molecule has 1 saturated carbocycles. The average molecular weight is 472 g/mol. The third-order valence-corrected chi connectivity index (χ3v) is 4.87. The van der Waals surface area contributed by atoms with Gasteiger partial charge in [-0.3, -0.25) is 0 Å². The van der Waals surface area contributed by atoms with Crippen molar-refractivity contribution in [2.24, 2.45) is 5.16 Å². The second-order valence-corrected chi connectivity index (χ2v) is 7.44. The summed E-state index contributed by atoms with van der Waals surface area (Å²) in [5.74, 6) is -0.216. The molecule has 11 heteroatoms. The average Bonchev–Trinajstić information content (AvgIpc) is 2.74. The van der Waals surface area contributed by atoms with Gasteiger partial charge in [-0.25, -0.2) is 9.78 Å². The van der Waals surface area contributed by atoms with Crippen LogP contribution in [0.15, 0.2) is 41.6 Å². The van der Waals surface area contributed by atoms with Gasteiger partial charge in [-0.15, -0.1) is 0 Å². The molecule has 0 spiro atoms. The molecule has 1 fully saturated rings. The lowest BCUT2D eigenvalue weighted by Crippen LogP contribution is -2.44. The summed E-state index contributed by atoms with van der Waals surface area (Å²) in [5, 5.41) is 7.11. The molecular weight excluding hydrogens is 451 g/mol. The number of hydrogen-bond donors (Lipinski definition) is 1. The van der Waals surface area contributed by atoms with Crippen LogP contribution in [-0.2, 0) is 4.84 Å². The zero-order valence-corrected chi connectivity index (χ0v) is 17.9. The molecule has 0 radical (unpaired) electrons. The maximum atomic E-state index is 12.6. The van der Waals surface area contributed by atoms with Gasteiger partial charge in [-0.2, -0.15) is 13.2 Å². The fraction of sp³-hybridized carbons (Fsp3) is 0.381. The summed E-state index contributed by atoms with van der Waals surface area (Å²) < 4.78 is 48.1. The van der Waals surface area contributed by atoms with Crippen molar-refractivity contribution in [1.82, 2.24) is 10.3 Å². The Balaban J connectivity index is 1.79. The van der Waals surface area contributed by atoms with Crippen LogP contribution >= 0.6 is 11.6 Å². The molecule has 1 N–H and O–H groups in total. The Morgan fingerprint density at radius 3 is 2.66 bits per heavy atom. The Bertz CT molecular complexity index is 968. The van der Waals surface area contributed by atoms with Gasteiger partial charge in [0.05, 0.1) is 11.8 Å². The molecule has 2 aromatic rings. The van der Waals surface area contributed by atoms with Crippen molar-refractivity contribution in [1.29, 1.82) is 0 Å². The molecule has 0 unspecified atom stereocenters. The van der Waals surface area contributed by atoms with Crippen LogP contribution in [0.2, 0.25) is 5.02 Å². The number of carbonyl (C=O) groups excluding carboxylic acids is 1. The lowest BCUT2D eigenvalue weighted by molar-refractivity contribution is -0.153. The summed E-state index contributed by atoms with van der Waals surface area (Å²) in [4.78, 5) is 21.4. The number of nitrogens with one attached hydrogen (secondary N) is 1. The molecule has 0 bridgehead atoms. The van der Waals surface area contributed by atoms with E-state index in [4.69, 9.17) is 25.9 Å². The molecule has 3 rings (SSSR count). The molecule has 0 saturated heterocycles. The van der Waals surface area contributed by atoms with E-state index in [1.807, 2.05) is 0 Å². The third kappa shape index (κ3) is 6.74. The van der Waals surface area contributed by atoms with Crippen LogP contribution in [-0.4, -0.2) is 42.7 Å². The smallest absolute Gasteiger partial charge is 0.422 e. The molecule has 1 aromatic heterocycles. The Labute approximate surface area is 187 Å². The molecule has 0 aliphatic heterocycles. The highest BCUT2D eigenvalue weighted by Crippen LogP contribution is 2.32. The molecular formula is C21H21ClF3N3O4. The Kier molecular flexibility index (Phi) is 7.79. The van der Waals surface area contributed by atoms with E-state index in [-0.39, 0.29) is 23.4 Å². The van der Waals surface area contributed by atoms with E-state index in [0.717, 1.165) is 12.8 Å². The highest BCUT2D eigenvalue weighted by molar-refractivity contribution is 6.30. The maximum absolute atomic E-state index is 12.6. The number of nitrogens with zero attached hydrogens (tertiary/aromatic N) is 2. The number of pyridine rings is 1. The number of halogens is 4. The van der Waals surface area contributed by atoms with Gasteiger partial charge in [0, 0.05) is 16.7 Å². The summed E-state index contributed by atoms with van der Waals surface area (Å²) in [6, 6.07) is 8.47. The van der Waals surface area contributed by atoms with Gasteiger partial charge in [-0.05, 0) is 37.5 Å². The first-order chi connectivity index (χ1) is 15.2. The van der Waals surface area contributed by atoms with Gasteiger partial charge in [0.2, 0.25) is 5.88 Å². The van der Waals surface area contributed by atoms with E-state index >= 15 is 0 Å². The standard InChI is InChI=1S/C21H21ClF3N3O4/c1-30-28-16-5-3-2-4-15(16)26-20(29)32-18-11-10-17(31-12-21(23,24)25)19(27-18)13-6-8-14(22)9-7-13/h6-11,15H,2-5,12H2,1H3,(H,26,29)/b28-16+/t15-/m0/s1. The predicted molar refractivity (Wildman–Crippen MR) is 112 cm³/mol. The van der Waals surface area contributed by atoms with Crippen LogP contribution < -0.4 is 14.8 Å². The molecule has 32 heavy (non-hydrogen) atoms. The van der Waals surface area contributed by atoms with Crippen LogP contribution in [0, 0.1) is 0 Å². The number of benzene rings is 1. The zero-order valence-electron chi connectivity index (χ0n) is 17.1. The molecule has 172 valence electrons. The van der Waals surface area contributed by atoms with Crippen LogP contribution in [0.5, 0.6) is 11.6 Å². The predicted octanol–water partition coefficient (Wildman–Crippen LogP) is 5.38. The van der Waals surface area contributed by atoms with Gasteiger partial charge in [0.25, 0.3) is 0 Å². The number of rotatable bonds is 6. The second kappa shape index (κ2) is 10.5. The molecule has 7 nitrogen and oxygen atoms in total. The monoisotopic (exact) mass is 471 g/mol. The normalized spacial score (nSPS) is 17.7. The zero-order chi connectivity index (χ0) is 23.1. The summed E-state index contributed by atoms with van der Waals surface area (Å²) in [5.41, 5.74) is 1.23. The highest BCUT2D eigenvalue weighted by atomic mass is 35.5. The van der Waals surface area contributed by atoms with E-state index < -0.39 is 18.9 Å². The fourth-order valence-electron chi connectivity index (χ4n) is 3.22. The van der Waals surface area contributed by atoms with Gasteiger partial charge in [0.15, 0.2) is 6.61 Å². The maximum Gasteiger partial charge on any atom is 0.422 e. The second-order valence-electron chi connectivity index (χ2n) is 7.00. The number of hydrogen-bond acceptors (Lipinski definition) is 6. The first kappa shape index (κ1) is 23.6. The minimum atomic E-state index is -4.52. The fourth-order valence-corrected chi connectivity index (χ4v) is 3.35. The Morgan fingerprint density at radius 2 is 1.97 bits per heavy atom. The van der Waals surface area contributed by atoms with Crippen molar-refractivity contribution >= 4 is 23.4 Å². The quantitative estimate of drug-likeness (QED) is 0.572. The Morgan fingerprint density at radius 1 is 1.22 bits per heavy atom. The topological polar surface area (TPSA) is 82.0 Å².